The molecule has 0 unspecified atom stereocenters. The predicted molar refractivity (Wildman–Crippen MR) is 74.9 cm³/mol. The summed E-state index contributed by atoms with van der Waals surface area (Å²) in [5.74, 6) is 0.547. The highest BCUT2D eigenvalue weighted by Gasteiger charge is 2.02. The molecule has 0 aromatic heterocycles. The van der Waals surface area contributed by atoms with Gasteiger partial charge in [-0.05, 0) is 41.5 Å². The minimum atomic E-state index is -0.275. The highest BCUT2D eigenvalue weighted by molar-refractivity contribution is 6.31. The van der Waals surface area contributed by atoms with E-state index in [-0.39, 0.29) is 5.82 Å². The molecule has 0 atom stereocenters. The molecular formula is C15H15ClFNO. The van der Waals surface area contributed by atoms with E-state index in [0.717, 1.165) is 16.9 Å². The lowest BCUT2D eigenvalue weighted by Crippen LogP contribution is -2.13. The molecule has 0 heterocycles. The maximum Gasteiger partial charge on any atom is 0.123 e. The maximum absolute atomic E-state index is 13.1. The molecule has 1 N–H and O–H groups in total. The van der Waals surface area contributed by atoms with Gasteiger partial charge in [0.15, 0.2) is 0 Å². The quantitative estimate of drug-likeness (QED) is 0.899. The monoisotopic (exact) mass is 279 g/mol. The molecule has 0 aliphatic carbocycles. The highest BCUT2D eigenvalue weighted by Crippen LogP contribution is 2.17. The van der Waals surface area contributed by atoms with Crippen LogP contribution in [-0.2, 0) is 13.1 Å². The zero-order valence-corrected chi connectivity index (χ0v) is 11.4. The van der Waals surface area contributed by atoms with Crippen LogP contribution in [0.5, 0.6) is 5.75 Å². The first-order valence-electron chi connectivity index (χ1n) is 5.96. The molecule has 0 aliphatic heterocycles. The van der Waals surface area contributed by atoms with E-state index in [2.05, 4.69) is 5.32 Å². The Kier molecular flexibility index (Phi) is 4.77. The van der Waals surface area contributed by atoms with E-state index in [9.17, 15) is 4.39 Å². The molecule has 0 spiro atoms. The van der Waals surface area contributed by atoms with Crippen LogP contribution in [0, 0.1) is 5.82 Å². The molecule has 19 heavy (non-hydrogen) atoms. The summed E-state index contributed by atoms with van der Waals surface area (Å²) in [7, 11) is 1.64. The summed E-state index contributed by atoms with van der Waals surface area (Å²) < 4.78 is 18.2. The zero-order chi connectivity index (χ0) is 13.7. The molecule has 0 aliphatic rings. The summed E-state index contributed by atoms with van der Waals surface area (Å²) in [4.78, 5) is 0. The number of benzene rings is 2. The Bertz CT molecular complexity index is 560. The van der Waals surface area contributed by atoms with Crippen molar-refractivity contribution in [1.82, 2.24) is 5.32 Å². The van der Waals surface area contributed by atoms with Crippen molar-refractivity contribution < 1.29 is 9.13 Å². The van der Waals surface area contributed by atoms with Gasteiger partial charge in [0.25, 0.3) is 0 Å². The molecular weight excluding hydrogens is 265 g/mol. The third-order valence-corrected chi connectivity index (χ3v) is 3.16. The fraction of sp³-hybridized carbons (Fsp3) is 0.200. The Labute approximate surface area is 117 Å². The Hall–Kier alpha value is -1.58. The van der Waals surface area contributed by atoms with Gasteiger partial charge in [-0.1, -0.05) is 23.7 Å². The van der Waals surface area contributed by atoms with Crippen LogP contribution in [0.3, 0.4) is 0 Å². The summed E-state index contributed by atoms with van der Waals surface area (Å²) in [6.07, 6.45) is 0. The van der Waals surface area contributed by atoms with Crippen LogP contribution in [-0.4, -0.2) is 7.11 Å². The van der Waals surface area contributed by atoms with Crippen molar-refractivity contribution in [1.29, 1.82) is 0 Å². The van der Waals surface area contributed by atoms with Gasteiger partial charge in [-0.3, -0.25) is 0 Å². The molecule has 0 bridgehead atoms. The van der Waals surface area contributed by atoms with Crippen molar-refractivity contribution in [2.75, 3.05) is 7.11 Å². The summed E-state index contributed by atoms with van der Waals surface area (Å²) >= 11 is 6.00. The molecule has 0 saturated heterocycles. The number of hydrogen-bond donors (Lipinski definition) is 1. The smallest absolute Gasteiger partial charge is 0.123 e. The number of ether oxygens (including phenoxy) is 1. The average molecular weight is 280 g/mol. The lowest BCUT2D eigenvalue weighted by Gasteiger charge is -2.08. The summed E-state index contributed by atoms with van der Waals surface area (Å²) in [5, 5.41) is 3.80. The molecule has 4 heteroatoms. The first kappa shape index (κ1) is 13.8. The predicted octanol–water partition coefficient (Wildman–Crippen LogP) is 3.78. The number of nitrogens with one attached hydrogen (secondary N) is 1. The van der Waals surface area contributed by atoms with Gasteiger partial charge in [0.05, 0.1) is 7.11 Å². The van der Waals surface area contributed by atoms with Gasteiger partial charge in [0.2, 0.25) is 0 Å². The van der Waals surface area contributed by atoms with Gasteiger partial charge in [-0.15, -0.1) is 0 Å². The highest BCUT2D eigenvalue weighted by atomic mass is 35.5. The molecule has 0 fully saturated rings. The van der Waals surface area contributed by atoms with E-state index in [1.807, 2.05) is 24.3 Å². The lowest BCUT2D eigenvalue weighted by molar-refractivity contribution is 0.414. The van der Waals surface area contributed by atoms with Gasteiger partial charge < -0.3 is 10.1 Å². The SMILES string of the molecule is COc1cccc(CNCc2cc(F)ccc2Cl)c1. The van der Waals surface area contributed by atoms with Gasteiger partial charge in [0.1, 0.15) is 11.6 Å². The van der Waals surface area contributed by atoms with Crippen molar-refractivity contribution in [3.8, 4) is 5.75 Å². The van der Waals surface area contributed by atoms with E-state index in [1.165, 1.54) is 12.1 Å². The van der Waals surface area contributed by atoms with Crippen molar-refractivity contribution in [3.63, 3.8) is 0 Å². The van der Waals surface area contributed by atoms with Crippen LogP contribution >= 0.6 is 11.6 Å². The molecule has 0 radical (unpaired) electrons. The number of rotatable bonds is 5. The maximum atomic E-state index is 13.1. The second-order valence-electron chi connectivity index (χ2n) is 4.19. The van der Waals surface area contributed by atoms with E-state index >= 15 is 0 Å². The lowest BCUT2D eigenvalue weighted by atomic mass is 10.2. The van der Waals surface area contributed by atoms with Gasteiger partial charge in [-0.25, -0.2) is 4.39 Å². The third kappa shape index (κ3) is 3.94. The fourth-order valence-electron chi connectivity index (χ4n) is 1.80. The average Bonchev–Trinajstić information content (AvgIpc) is 2.43. The van der Waals surface area contributed by atoms with Crippen LogP contribution in [0.15, 0.2) is 42.5 Å². The number of hydrogen-bond acceptors (Lipinski definition) is 2. The van der Waals surface area contributed by atoms with Gasteiger partial charge >= 0.3 is 0 Å². The van der Waals surface area contributed by atoms with E-state index < -0.39 is 0 Å². The first-order valence-corrected chi connectivity index (χ1v) is 6.34. The Morgan fingerprint density at radius 3 is 2.79 bits per heavy atom. The van der Waals surface area contributed by atoms with Crippen LogP contribution in [0.25, 0.3) is 0 Å². The molecule has 0 amide bonds. The molecule has 2 nitrogen and oxygen atoms in total. The summed E-state index contributed by atoms with van der Waals surface area (Å²) in [6.45, 7) is 1.19. The Morgan fingerprint density at radius 2 is 2.00 bits per heavy atom. The van der Waals surface area contributed by atoms with Crippen LogP contribution in [0.1, 0.15) is 11.1 Å². The summed E-state index contributed by atoms with van der Waals surface area (Å²) in [5.41, 5.74) is 1.86. The standard InChI is InChI=1S/C15H15ClFNO/c1-19-14-4-2-3-11(7-14)9-18-10-12-8-13(17)5-6-15(12)16/h2-8,18H,9-10H2,1H3. The Morgan fingerprint density at radius 1 is 1.16 bits per heavy atom. The van der Waals surface area contributed by atoms with Gasteiger partial charge in [0, 0.05) is 18.1 Å². The molecule has 2 aromatic carbocycles. The molecule has 2 rings (SSSR count). The molecule has 2 aromatic rings. The number of halogens is 2. The van der Waals surface area contributed by atoms with Crippen LogP contribution in [0.2, 0.25) is 5.02 Å². The van der Waals surface area contributed by atoms with Crippen molar-refractivity contribution in [2.24, 2.45) is 0 Å². The Balaban J connectivity index is 1.94. The van der Waals surface area contributed by atoms with Crippen molar-refractivity contribution >= 4 is 11.6 Å². The van der Waals surface area contributed by atoms with Gasteiger partial charge in [-0.2, -0.15) is 0 Å². The van der Waals surface area contributed by atoms with Crippen LogP contribution in [0.4, 0.5) is 4.39 Å². The van der Waals surface area contributed by atoms with E-state index in [4.69, 9.17) is 16.3 Å². The molecule has 0 saturated carbocycles. The largest absolute Gasteiger partial charge is 0.497 e. The zero-order valence-electron chi connectivity index (χ0n) is 10.6. The fourth-order valence-corrected chi connectivity index (χ4v) is 1.99. The topological polar surface area (TPSA) is 21.3 Å². The normalized spacial score (nSPS) is 10.5. The third-order valence-electron chi connectivity index (χ3n) is 2.79. The van der Waals surface area contributed by atoms with Crippen LogP contribution < -0.4 is 10.1 Å². The van der Waals surface area contributed by atoms with Crippen molar-refractivity contribution in [2.45, 2.75) is 13.1 Å². The minimum Gasteiger partial charge on any atom is -0.497 e. The van der Waals surface area contributed by atoms with E-state index in [1.54, 1.807) is 13.2 Å². The first-order chi connectivity index (χ1) is 9.19. The minimum absolute atomic E-state index is 0.275. The summed E-state index contributed by atoms with van der Waals surface area (Å²) in [6, 6.07) is 12.2. The van der Waals surface area contributed by atoms with E-state index in [0.29, 0.717) is 18.1 Å². The van der Waals surface area contributed by atoms with Crippen molar-refractivity contribution in [3.05, 3.63) is 64.4 Å². The second-order valence-corrected chi connectivity index (χ2v) is 4.60. The second kappa shape index (κ2) is 6.55. The molecule has 100 valence electrons. The number of methoxy groups -OCH3 is 1.